The Morgan fingerprint density at radius 3 is 2.36 bits per heavy atom. The second-order valence-corrected chi connectivity index (χ2v) is 4.23. The lowest BCUT2D eigenvalue weighted by Gasteiger charge is -2.41. The van der Waals surface area contributed by atoms with Crippen LogP contribution in [-0.2, 0) is 14.3 Å². The van der Waals surface area contributed by atoms with Crippen molar-refractivity contribution in [1.82, 2.24) is 0 Å². The number of Topliss-reactive ketones (excluding diaryl/α,β-unsaturated/α-hetero) is 1. The molecule has 2 aliphatic rings. The van der Waals surface area contributed by atoms with E-state index in [-0.39, 0.29) is 11.3 Å². The van der Waals surface area contributed by atoms with Crippen LogP contribution in [0.1, 0.15) is 12.8 Å². The van der Waals surface area contributed by atoms with Crippen LogP contribution in [0, 0.1) is 11.3 Å². The molecule has 0 aliphatic carbocycles. The van der Waals surface area contributed by atoms with Gasteiger partial charge >= 0.3 is 0 Å². The lowest BCUT2D eigenvalue weighted by atomic mass is 9.74. The fourth-order valence-corrected chi connectivity index (χ4v) is 2.10. The van der Waals surface area contributed by atoms with Crippen molar-refractivity contribution in [2.45, 2.75) is 12.8 Å². The van der Waals surface area contributed by atoms with E-state index < -0.39 is 0 Å². The van der Waals surface area contributed by atoms with Crippen molar-refractivity contribution in [3.63, 3.8) is 0 Å². The van der Waals surface area contributed by atoms with Gasteiger partial charge in [0.05, 0.1) is 18.6 Å². The second kappa shape index (κ2) is 3.96. The van der Waals surface area contributed by atoms with Crippen molar-refractivity contribution in [2.24, 2.45) is 17.1 Å². The summed E-state index contributed by atoms with van der Waals surface area (Å²) in [5, 5.41) is 0. The van der Waals surface area contributed by atoms with Gasteiger partial charge in [0.1, 0.15) is 5.78 Å². The molecule has 2 heterocycles. The van der Waals surface area contributed by atoms with Crippen LogP contribution < -0.4 is 5.73 Å². The Labute approximate surface area is 83.7 Å². The van der Waals surface area contributed by atoms with Crippen LogP contribution in [0.2, 0.25) is 0 Å². The third-order valence-corrected chi connectivity index (χ3v) is 3.26. The quantitative estimate of drug-likeness (QED) is 0.692. The van der Waals surface area contributed by atoms with E-state index >= 15 is 0 Å². The fourth-order valence-electron chi connectivity index (χ4n) is 2.10. The molecule has 0 radical (unpaired) electrons. The first-order valence-electron chi connectivity index (χ1n) is 5.18. The summed E-state index contributed by atoms with van der Waals surface area (Å²) in [6.45, 7) is 2.86. The fraction of sp³-hybridized carbons (Fsp3) is 0.900. The molecule has 4 nitrogen and oxygen atoms in total. The van der Waals surface area contributed by atoms with Crippen LogP contribution in [0.15, 0.2) is 0 Å². The van der Waals surface area contributed by atoms with Crippen molar-refractivity contribution in [3.05, 3.63) is 0 Å². The molecule has 2 aliphatic heterocycles. The predicted molar refractivity (Wildman–Crippen MR) is 50.9 cm³/mol. The van der Waals surface area contributed by atoms with Gasteiger partial charge < -0.3 is 15.2 Å². The highest BCUT2D eigenvalue weighted by molar-refractivity contribution is 5.88. The van der Waals surface area contributed by atoms with Crippen LogP contribution in [0.3, 0.4) is 0 Å². The van der Waals surface area contributed by atoms with Gasteiger partial charge in [-0.1, -0.05) is 0 Å². The average Bonchev–Trinajstić information content (AvgIpc) is 2.18. The predicted octanol–water partition coefficient (Wildman–Crippen LogP) is -0.0426. The molecule has 4 heteroatoms. The van der Waals surface area contributed by atoms with E-state index in [1.165, 1.54) is 0 Å². The van der Waals surface area contributed by atoms with E-state index in [4.69, 9.17) is 15.2 Å². The summed E-state index contributed by atoms with van der Waals surface area (Å²) in [4.78, 5) is 12.1. The summed E-state index contributed by atoms with van der Waals surface area (Å²) in [6.07, 6.45) is 1.70. The van der Waals surface area contributed by atoms with Gasteiger partial charge in [-0.2, -0.15) is 0 Å². The van der Waals surface area contributed by atoms with Crippen LogP contribution in [0.4, 0.5) is 0 Å². The molecular weight excluding hydrogens is 182 g/mol. The first-order valence-corrected chi connectivity index (χ1v) is 5.18. The van der Waals surface area contributed by atoms with Crippen LogP contribution in [-0.4, -0.2) is 38.8 Å². The second-order valence-electron chi connectivity index (χ2n) is 4.23. The van der Waals surface area contributed by atoms with Crippen molar-refractivity contribution >= 4 is 5.78 Å². The van der Waals surface area contributed by atoms with Gasteiger partial charge in [0.25, 0.3) is 0 Å². The molecule has 0 unspecified atom stereocenters. The summed E-state index contributed by atoms with van der Waals surface area (Å²) in [6, 6.07) is 0. The molecule has 2 rings (SSSR count). The summed E-state index contributed by atoms with van der Waals surface area (Å²) in [7, 11) is 0. The van der Waals surface area contributed by atoms with E-state index in [9.17, 15) is 4.79 Å². The molecule has 2 N–H and O–H groups in total. The number of hydrogen-bond acceptors (Lipinski definition) is 4. The van der Waals surface area contributed by atoms with Crippen molar-refractivity contribution < 1.29 is 14.3 Å². The highest BCUT2D eigenvalue weighted by atomic mass is 16.5. The van der Waals surface area contributed by atoms with Crippen molar-refractivity contribution in [3.8, 4) is 0 Å². The number of nitrogens with two attached hydrogens (primary N) is 1. The van der Waals surface area contributed by atoms with Gasteiger partial charge in [0.2, 0.25) is 0 Å². The zero-order valence-electron chi connectivity index (χ0n) is 8.33. The van der Waals surface area contributed by atoms with Gasteiger partial charge in [-0.25, -0.2) is 0 Å². The molecular formula is C10H17NO3. The minimum absolute atomic E-state index is 0.149. The third-order valence-electron chi connectivity index (χ3n) is 3.26. The number of ether oxygens (including phenoxy) is 2. The molecule has 0 amide bonds. The van der Waals surface area contributed by atoms with E-state index in [1.807, 2.05) is 0 Å². The molecule has 0 spiro atoms. The van der Waals surface area contributed by atoms with E-state index in [1.54, 1.807) is 0 Å². The minimum atomic E-state index is -0.359. The Balaban J connectivity index is 1.98. The number of carbonyl (C=O) groups excluding carboxylic acids is 1. The van der Waals surface area contributed by atoms with Crippen LogP contribution in [0.25, 0.3) is 0 Å². The maximum absolute atomic E-state index is 12.1. The van der Waals surface area contributed by atoms with E-state index in [0.29, 0.717) is 38.8 Å². The zero-order valence-corrected chi connectivity index (χ0v) is 8.33. The number of rotatable bonds is 3. The average molecular weight is 199 g/mol. The topological polar surface area (TPSA) is 61.6 Å². The molecule has 2 fully saturated rings. The number of ketones is 1. The normalized spacial score (nSPS) is 26.9. The number of hydrogen-bond donors (Lipinski definition) is 1. The Kier molecular flexibility index (Phi) is 2.85. The minimum Gasteiger partial charge on any atom is -0.381 e. The highest BCUT2D eigenvalue weighted by Crippen LogP contribution is 2.33. The molecule has 14 heavy (non-hydrogen) atoms. The van der Waals surface area contributed by atoms with Crippen molar-refractivity contribution in [1.29, 1.82) is 0 Å². The molecule has 0 atom stereocenters. The van der Waals surface area contributed by atoms with Gasteiger partial charge in [0.15, 0.2) is 0 Å². The Morgan fingerprint density at radius 1 is 1.29 bits per heavy atom. The lowest BCUT2D eigenvalue weighted by molar-refractivity contribution is -0.163. The van der Waals surface area contributed by atoms with E-state index in [0.717, 1.165) is 12.8 Å². The summed E-state index contributed by atoms with van der Waals surface area (Å²) in [5.74, 6) is 0.450. The molecule has 2 saturated heterocycles. The number of carbonyl (C=O) groups is 1. The van der Waals surface area contributed by atoms with Gasteiger partial charge in [0, 0.05) is 25.7 Å². The summed E-state index contributed by atoms with van der Waals surface area (Å²) >= 11 is 0. The molecule has 0 bridgehead atoms. The first kappa shape index (κ1) is 10.1. The highest BCUT2D eigenvalue weighted by Gasteiger charge is 2.47. The van der Waals surface area contributed by atoms with Crippen molar-refractivity contribution in [2.75, 3.05) is 33.0 Å². The van der Waals surface area contributed by atoms with Gasteiger partial charge in [-0.3, -0.25) is 4.79 Å². The molecule has 0 aromatic carbocycles. The molecule has 80 valence electrons. The smallest absolute Gasteiger partial charge is 0.148 e. The first-order chi connectivity index (χ1) is 6.78. The summed E-state index contributed by atoms with van der Waals surface area (Å²) in [5.41, 5.74) is 5.29. The summed E-state index contributed by atoms with van der Waals surface area (Å²) < 4.78 is 10.3. The monoisotopic (exact) mass is 199 g/mol. The Hall–Kier alpha value is -0.450. The van der Waals surface area contributed by atoms with Crippen LogP contribution in [0.5, 0.6) is 0 Å². The maximum Gasteiger partial charge on any atom is 0.148 e. The lowest BCUT2D eigenvalue weighted by Crippen LogP contribution is -2.56. The maximum atomic E-state index is 12.1. The third kappa shape index (κ3) is 1.58. The van der Waals surface area contributed by atoms with Gasteiger partial charge in [-0.05, 0) is 12.8 Å². The molecule has 0 aromatic heterocycles. The van der Waals surface area contributed by atoms with E-state index in [2.05, 4.69) is 0 Å². The standard InChI is InChI=1S/C10H17NO3/c11-5-10(6-14-7-10)9(12)8-1-3-13-4-2-8/h8H,1-7,11H2. The SMILES string of the molecule is NCC1(C(=O)C2CCOCC2)COC1. The van der Waals surface area contributed by atoms with Crippen LogP contribution >= 0.6 is 0 Å². The zero-order chi connectivity index (χ0) is 10.0. The Morgan fingerprint density at radius 2 is 1.93 bits per heavy atom. The van der Waals surface area contributed by atoms with Gasteiger partial charge in [-0.15, -0.1) is 0 Å². The molecule has 0 aromatic rings. The Bertz CT molecular complexity index is 214. The molecule has 0 saturated carbocycles. The largest absolute Gasteiger partial charge is 0.381 e.